The molecule has 0 bridgehead atoms. The standard InChI is InChI=1S/C27H37N5O5S/c1-27(2,3)37-26(33)30-20-11-9-19(10-12-20)29-25-28-15-13-24(31-25)32-16-14-21-22(32)7-5-8-23(21)36-17-6-18-38(4,34)35/h5,7-8,13-16,19-20H,6,9-12,17-18H2,1-4H3,(H,30,33)(H,28,29,31)/t19-,20-. The summed E-state index contributed by atoms with van der Waals surface area (Å²) in [5, 5.41) is 7.35. The molecule has 38 heavy (non-hydrogen) atoms. The summed E-state index contributed by atoms with van der Waals surface area (Å²) in [5.41, 5.74) is 0.425. The summed E-state index contributed by atoms with van der Waals surface area (Å²) in [6.07, 6.45) is 8.46. The number of aromatic nitrogens is 3. The van der Waals surface area contributed by atoms with Crippen molar-refractivity contribution in [1.29, 1.82) is 0 Å². The first-order valence-corrected chi connectivity index (χ1v) is 15.0. The SMILES string of the molecule is CC(C)(C)OC(=O)N[C@H]1CC[C@H](Nc2nccc(-n3ccc4c(OCCCS(C)(=O)=O)cccc43)n2)CC1. The Morgan fingerprint density at radius 1 is 1.11 bits per heavy atom. The van der Waals surface area contributed by atoms with E-state index in [1.165, 1.54) is 6.26 Å². The molecule has 2 N–H and O–H groups in total. The predicted molar refractivity (Wildman–Crippen MR) is 148 cm³/mol. The largest absolute Gasteiger partial charge is 0.493 e. The minimum atomic E-state index is -3.01. The van der Waals surface area contributed by atoms with Gasteiger partial charge in [-0.2, -0.15) is 4.98 Å². The van der Waals surface area contributed by atoms with E-state index in [0.29, 0.717) is 24.7 Å². The van der Waals surface area contributed by atoms with Crippen LogP contribution in [0.2, 0.25) is 0 Å². The van der Waals surface area contributed by atoms with Crippen LogP contribution in [-0.4, -0.2) is 65.3 Å². The molecule has 0 spiro atoms. The van der Waals surface area contributed by atoms with Crippen LogP contribution in [-0.2, 0) is 14.6 Å². The maximum atomic E-state index is 12.1. The van der Waals surface area contributed by atoms with Crippen molar-refractivity contribution in [3.05, 3.63) is 42.7 Å². The van der Waals surface area contributed by atoms with E-state index >= 15 is 0 Å². The lowest BCUT2D eigenvalue weighted by Gasteiger charge is -2.30. The maximum Gasteiger partial charge on any atom is 0.407 e. The third-order valence-electron chi connectivity index (χ3n) is 6.28. The van der Waals surface area contributed by atoms with Gasteiger partial charge >= 0.3 is 6.09 Å². The molecule has 2 heterocycles. The van der Waals surface area contributed by atoms with Crippen LogP contribution >= 0.6 is 0 Å². The molecule has 1 aromatic carbocycles. The minimum Gasteiger partial charge on any atom is -0.493 e. The van der Waals surface area contributed by atoms with Crippen LogP contribution in [0, 0.1) is 0 Å². The van der Waals surface area contributed by atoms with Gasteiger partial charge in [-0.3, -0.25) is 0 Å². The average Bonchev–Trinajstić information content (AvgIpc) is 3.26. The molecule has 1 saturated carbocycles. The van der Waals surface area contributed by atoms with Crippen LogP contribution in [0.3, 0.4) is 0 Å². The second kappa shape index (κ2) is 11.6. The molecule has 11 heteroatoms. The molecule has 1 amide bonds. The number of hydrogen-bond acceptors (Lipinski definition) is 8. The molecule has 0 saturated heterocycles. The Hall–Kier alpha value is -3.34. The Kier molecular flexibility index (Phi) is 8.44. The van der Waals surface area contributed by atoms with Crippen molar-refractivity contribution in [1.82, 2.24) is 19.9 Å². The Bertz CT molecular complexity index is 1360. The summed E-state index contributed by atoms with van der Waals surface area (Å²) in [5.74, 6) is 2.09. The lowest BCUT2D eigenvalue weighted by atomic mass is 9.91. The van der Waals surface area contributed by atoms with Gasteiger partial charge in [0.1, 0.15) is 27.0 Å². The van der Waals surface area contributed by atoms with E-state index in [1.54, 1.807) is 6.20 Å². The van der Waals surface area contributed by atoms with Gasteiger partial charge in [0.2, 0.25) is 5.95 Å². The number of ether oxygens (including phenoxy) is 2. The molecule has 206 valence electrons. The highest BCUT2D eigenvalue weighted by atomic mass is 32.2. The highest BCUT2D eigenvalue weighted by molar-refractivity contribution is 7.90. The number of fused-ring (bicyclic) bond motifs is 1. The third kappa shape index (κ3) is 7.83. The van der Waals surface area contributed by atoms with Crippen LogP contribution < -0.4 is 15.4 Å². The van der Waals surface area contributed by atoms with E-state index in [2.05, 4.69) is 15.6 Å². The summed E-state index contributed by atoms with van der Waals surface area (Å²) in [6.45, 7) is 5.90. The fourth-order valence-corrected chi connectivity index (χ4v) is 5.20. The van der Waals surface area contributed by atoms with Crippen molar-refractivity contribution < 1.29 is 22.7 Å². The third-order valence-corrected chi connectivity index (χ3v) is 7.31. The first-order valence-electron chi connectivity index (χ1n) is 13.0. The van der Waals surface area contributed by atoms with Crippen molar-refractivity contribution in [2.75, 3.05) is 23.9 Å². The Morgan fingerprint density at radius 3 is 2.55 bits per heavy atom. The van der Waals surface area contributed by atoms with Gasteiger partial charge in [0.15, 0.2) is 0 Å². The number of carbonyl (C=O) groups excluding carboxylic acids is 1. The molecule has 0 aliphatic heterocycles. The van der Waals surface area contributed by atoms with Crippen molar-refractivity contribution in [2.24, 2.45) is 0 Å². The smallest absolute Gasteiger partial charge is 0.407 e. The lowest BCUT2D eigenvalue weighted by Crippen LogP contribution is -2.42. The highest BCUT2D eigenvalue weighted by Crippen LogP contribution is 2.29. The monoisotopic (exact) mass is 543 g/mol. The second-order valence-corrected chi connectivity index (χ2v) is 13.0. The van der Waals surface area contributed by atoms with E-state index in [-0.39, 0.29) is 23.9 Å². The summed E-state index contributed by atoms with van der Waals surface area (Å²) in [4.78, 5) is 21.2. The number of hydrogen-bond donors (Lipinski definition) is 2. The zero-order valence-corrected chi connectivity index (χ0v) is 23.3. The van der Waals surface area contributed by atoms with Crippen LogP contribution in [0.1, 0.15) is 52.9 Å². The molecule has 1 aliphatic carbocycles. The van der Waals surface area contributed by atoms with Gasteiger partial charge < -0.3 is 24.7 Å². The quantitative estimate of drug-likeness (QED) is 0.379. The van der Waals surface area contributed by atoms with Gasteiger partial charge in [-0.15, -0.1) is 0 Å². The first kappa shape index (κ1) is 27.7. The van der Waals surface area contributed by atoms with Crippen LogP contribution in [0.5, 0.6) is 5.75 Å². The number of anilines is 1. The fourth-order valence-electron chi connectivity index (χ4n) is 4.56. The molecule has 10 nitrogen and oxygen atoms in total. The molecule has 3 aromatic rings. The number of alkyl carbamates (subject to hydrolysis) is 1. The first-order chi connectivity index (χ1) is 18.0. The van der Waals surface area contributed by atoms with E-state index < -0.39 is 15.4 Å². The number of carbonyl (C=O) groups is 1. The van der Waals surface area contributed by atoms with Crippen LogP contribution in [0.25, 0.3) is 16.7 Å². The Balaban J connectivity index is 1.36. The summed E-state index contributed by atoms with van der Waals surface area (Å²) in [6, 6.07) is 9.93. The number of benzene rings is 1. The normalized spacial score (nSPS) is 18.2. The Labute approximate surface area is 224 Å². The van der Waals surface area contributed by atoms with Gasteiger partial charge in [-0.25, -0.2) is 18.2 Å². The van der Waals surface area contributed by atoms with Gasteiger partial charge in [0.05, 0.1) is 17.9 Å². The molecule has 4 rings (SSSR count). The van der Waals surface area contributed by atoms with Gasteiger partial charge in [-0.1, -0.05) is 6.07 Å². The zero-order valence-electron chi connectivity index (χ0n) is 22.4. The average molecular weight is 544 g/mol. The topological polar surface area (TPSA) is 124 Å². The number of rotatable bonds is 9. The highest BCUT2D eigenvalue weighted by Gasteiger charge is 2.25. The van der Waals surface area contributed by atoms with E-state index in [1.807, 2.05) is 61.9 Å². The number of nitrogens with zero attached hydrogens (tertiary/aromatic N) is 3. The minimum absolute atomic E-state index is 0.0998. The van der Waals surface area contributed by atoms with E-state index in [4.69, 9.17) is 14.5 Å². The molecular weight excluding hydrogens is 506 g/mol. The summed E-state index contributed by atoms with van der Waals surface area (Å²) < 4.78 is 36.0. The molecule has 0 atom stereocenters. The molecule has 0 radical (unpaired) electrons. The van der Waals surface area contributed by atoms with Crippen molar-refractivity contribution >= 4 is 32.8 Å². The number of amides is 1. The van der Waals surface area contributed by atoms with Gasteiger partial charge in [0, 0.05) is 36.1 Å². The van der Waals surface area contributed by atoms with Crippen molar-refractivity contribution in [3.8, 4) is 11.6 Å². The summed E-state index contributed by atoms with van der Waals surface area (Å²) >= 11 is 0. The molecule has 1 aliphatic rings. The van der Waals surface area contributed by atoms with E-state index in [0.717, 1.165) is 42.4 Å². The summed E-state index contributed by atoms with van der Waals surface area (Å²) in [7, 11) is -3.01. The molecule has 0 unspecified atom stereocenters. The van der Waals surface area contributed by atoms with Gasteiger partial charge in [-0.05, 0) is 77.1 Å². The number of sulfone groups is 1. The fraction of sp³-hybridized carbons (Fsp3) is 0.519. The van der Waals surface area contributed by atoms with Crippen LogP contribution in [0.15, 0.2) is 42.7 Å². The lowest BCUT2D eigenvalue weighted by molar-refractivity contribution is 0.0492. The van der Waals surface area contributed by atoms with E-state index in [9.17, 15) is 13.2 Å². The maximum absolute atomic E-state index is 12.1. The van der Waals surface area contributed by atoms with Crippen molar-refractivity contribution in [3.63, 3.8) is 0 Å². The Morgan fingerprint density at radius 2 is 1.84 bits per heavy atom. The molecule has 1 fully saturated rings. The number of nitrogens with one attached hydrogen (secondary N) is 2. The van der Waals surface area contributed by atoms with Gasteiger partial charge in [0.25, 0.3) is 0 Å². The predicted octanol–water partition coefficient (Wildman–Crippen LogP) is 4.48. The zero-order chi connectivity index (χ0) is 27.3. The second-order valence-electron chi connectivity index (χ2n) is 10.8. The van der Waals surface area contributed by atoms with Crippen LogP contribution in [0.4, 0.5) is 10.7 Å². The van der Waals surface area contributed by atoms with Crippen molar-refractivity contribution in [2.45, 2.75) is 70.6 Å². The molecule has 2 aromatic heterocycles. The molecular formula is C27H37N5O5S.